The molecule has 0 saturated carbocycles. The molecule has 6 heteroatoms. The Balaban J connectivity index is 2.14. The number of hydrogen-bond acceptors (Lipinski definition) is 3. The Morgan fingerprint density at radius 2 is 1.50 bits per heavy atom. The van der Waals surface area contributed by atoms with E-state index in [2.05, 4.69) is 11.6 Å². The number of benzene rings is 1. The van der Waals surface area contributed by atoms with Gasteiger partial charge in [0, 0.05) is 0 Å². The highest BCUT2D eigenvalue weighted by Crippen LogP contribution is 2.23. The van der Waals surface area contributed by atoms with Gasteiger partial charge in [0.2, 0.25) is 10.0 Å². The fourth-order valence-electron chi connectivity index (χ4n) is 2.60. The van der Waals surface area contributed by atoms with Gasteiger partial charge in [0.1, 0.15) is 0 Å². The van der Waals surface area contributed by atoms with E-state index in [0.717, 1.165) is 12.8 Å². The predicted octanol–water partition coefficient (Wildman–Crippen LogP) is 5.58. The Morgan fingerprint density at radius 3 is 2.04 bits per heavy atom. The van der Waals surface area contributed by atoms with Gasteiger partial charge < -0.3 is 5.73 Å². The topological polar surface area (TPSA) is 72.2 Å². The molecule has 0 amide bonds. The third-order valence-corrected chi connectivity index (χ3v) is 5.74. The number of hydrogen-bond donors (Lipinski definition) is 2. The van der Waals surface area contributed by atoms with E-state index in [1.165, 1.54) is 51.0 Å². The Kier molecular flexibility index (Phi) is 10.2. The van der Waals surface area contributed by atoms with Gasteiger partial charge in [-0.05, 0) is 24.6 Å². The number of nitrogens with one attached hydrogen (secondary N) is 1. The van der Waals surface area contributed by atoms with Crippen LogP contribution in [0, 0.1) is 0 Å². The first-order chi connectivity index (χ1) is 11.4. The zero-order valence-corrected chi connectivity index (χ0v) is 16.3. The molecule has 0 fully saturated rings. The SMILES string of the molecule is CCCCCCCCCCCCS(=O)(=O)Nc1ccc(N)c(Cl)c1. The fourth-order valence-corrected chi connectivity index (χ4v) is 3.95. The molecule has 1 rings (SSSR count). The molecule has 0 spiro atoms. The fraction of sp³-hybridized carbons (Fsp3) is 0.667. The Labute approximate surface area is 152 Å². The molecule has 4 nitrogen and oxygen atoms in total. The van der Waals surface area contributed by atoms with Gasteiger partial charge in [-0.2, -0.15) is 0 Å². The number of rotatable bonds is 13. The van der Waals surface area contributed by atoms with Gasteiger partial charge in [-0.25, -0.2) is 8.42 Å². The molecule has 0 aliphatic heterocycles. The molecule has 0 saturated heterocycles. The highest BCUT2D eigenvalue weighted by atomic mass is 35.5. The standard InChI is InChI=1S/C18H31ClN2O2S/c1-2-3-4-5-6-7-8-9-10-11-14-24(22,23)21-16-12-13-18(20)17(19)15-16/h12-13,15,21H,2-11,14,20H2,1H3. The monoisotopic (exact) mass is 374 g/mol. The van der Waals surface area contributed by atoms with Crippen molar-refractivity contribution in [3.63, 3.8) is 0 Å². The van der Waals surface area contributed by atoms with Gasteiger partial charge in [-0.15, -0.1) is 0 Å². The highest BCUT2D eigenvalue weighted by Gasteiger charge is 2.10. The van der Waals surface area contributed by atoms with Crippen LogP contribution in [0.1, 0.15) is 71.1 Å². The summed E-state index contributed by atoms with van der Waals surface area (Å²) in [4.78, 5) is 0. The minimum atomic E-state index is -3.32. The van der Waals surface area contributed by atoms with Crippen molar-refractivity contribution in [3.05, 3.63) is 23.2 Å². The minimum absolute atomic E-state index is 0.144. The molecule has 0 aliphatic carbocycles. The summed E-state index contributed by atoms with van der Waals surface area (Å²) in [5, 5.41) is 0.356. The first-order valence-corrected chi connectivity index (χ1v) is 11.0. The summed E-state index contributed by atoms with van der Waals surface area (Å²) < 4.78 is 26.6. The third-order valence-electron chi connectivity index (χ3n) is 4.04. The lowest BCUT2D eigenvalue weighted by atomic mass is 10.1. The first-order valence-electron chi connectivity index (χ1n) is 9.00. The smallest absolute Gasteiger partial charge is 0.232 e. The maximum atomic E-state index is 12.0. The molecular weight excluding hydrogens is 344 g/mol. The van der Waals surface area contributed by atoms with E-state index in [0.29, 0.717) is 22.8 Å². The van der Waals surface area contributed by atoms with Crippen LogP contribution in [0.2, 0.25) is 5.02 Å². The van der Waals surface area contributed by atoms with E-state index in [1.807, 2.05) is 0 Å². The van der Waals surface area contributed by atoms with Crippen molar-refractivity contribution in [1.29, 1.82) is 0 Å². The number of nitrogen functional groups attached to an aromatic ring is 1. The summed E-state index contributed by atoms with van der Waals surface area (Å²) in [5.74, 6) is 0.144. The maximum Gasteiger partial charge on any atom is 0.232 e. The van der Waals surface area contributed by atoms with Gasteiger partial charge >= 0.3 is 0 Å². The normalized spacial score (nSPS) is 11.6. The van der Waals surface area contributed by atoms with E-state index in [-0.39, 0.29) is 5.75 Å². The lowest BCUT2D eigenvalue weighted by molar-refractivity contribution is 0.558. The molecule has 138 valence electrons. The average molecular weight is 375 g/mol. The summed E-state index contributed by atoms with van der Waals surface area (Å²) in [6, 6.07) is 4.75. The van der Waals surface area contributed by atoms with Crippen LogP contribution in [0.3, 0.4) is 0 Å². The second-order valence-corrected chi connectivity index (χ2v) is 8.59. The molecule has 0 heterocycles. The molecule has 3 N–H and O–H groups in total. The third kappa shape index (κ3) is 9.38. The zero-order valence-electron chi connectivity index (χ0n) is 14.7. The zero-order chi connectivity index (χ0) is 17.8. The second-order valence-electron chi connectivity index (χ2n) is 6.34. The molecule has 0 atom stereocenters. The number of sulfonamides is 1. The average Bonchev–Trinajstić information content (AvgIpc) is 2.52. The molecule has 0 bridgehead atoms. The van der Waals surface area contributed by atoms with Crippen molar-refractivity contribution in [1.82, 2.24) is 0 Å². The van der Waals surface area contributed by atoms with Crippen LogP contribution < -0.4 is 10.5 Å². The van der Waals surface area contributed by atoms with Crippen molar-refractivity contribution in [2.75, 3.05) is 16.2 Å². The Hall–Kier alpha value is -0.940. The maximum absolute atomic E-state index is 12.0. The summed E-state index contributed by atoms with van der Waals surface area (Å²) in [7, 11) is -3.32. The van der Waals surface area contributed by atoms with Crippen molar-refractivity contribution >= 4 is 33.0 Å². The van der Waals surface area contributed by atoms with Crippen LogP contribution in [0.5, 0.6) is 0 Å². The summed E-state index contributed by atoms with van der Waals surface area (Å²) in [6.45, 7) is 2.23. The summed E-state index contributed by atoms with van der Waals surface area (Å²) in [6.07, 6.45) is 11.8. The van der Waals surface area contributed by atoms with Crippen LogP contribution in [0.25, 0.3) is 0 Å². The summed E-state index contributed by atoms with van der Waals surface area (Å²) in [5.41, 5.74) is 6.51. The van der Waals surface area contributed by atoms with Crippen LogP contribution in [-0.4, -0.2) is 14.2 Å². The van der Waals surface area contributed by atoms with E-state index >= 15 is 0 Å². The van der Waals surface area contributed by atoms with Gasteiger partial charge in [0.05, 0.1) is 22.2 Å². The highest BCUT2D eigenvalue weighted by molar-refractivity contribution is 7.92. The first kappa shape index (κ1) is 21.1. The van der Waals surface area contributed by atoms with Crippen molar-refractivity contribution in [2.45, 2.75) is 71.1 Å². The number of unbranched alkanes of at least 4 members (excludes halogenated alkanes) is 9. The minimum Gasteiger partial charge on any atom is -0.398 e. The number of nitrogens with two attached hydrogens (primary N) is 1. The Bertz CT molecular complexity index is 576. The molecule has 0 unspecified atom stereocenters. The number of anilines is 2. The largest absolute Gasteiger partial charge is 0.398 e. The van der Waals surface area contributed by atoms with E-state index < -0.39 is 10.0 Å². The Morgan fingerprint density at radius 1 is 0.958 bits per heavy atom. The van der Waals surface area contributed by atoms with Crippen LogP contribution in [0.4, 0.5) is 11.4 Å². The van der Waals surface area contributed by atoms with Gasteiger partial charge in [-0.3, -0.25) is 4.72 Å². The number of halogens is 1. The molecule has 1 aromatic rings. The molecule has 0 radical (unpaired) electrons. The quantitative estimate of drug-likeness (QED) is 0.349. The van der Waals surface area contributed by atoms with Crippen LogP contribution in [0.15, 0.2) is 18.2 Å². The lowest BCUT2D eigenvalue weighted by Crippen LogP contribution is -2.16. The van der Waals surface area contributed by atoms with Crippen molar-refractivity contribution in [2.24, 2.45) is 0 Å². The van der Waals surface area contributed by atoms with Crippen LogP contribution >= 0.6 is 11.6 Å². The second kappa shape index (κ2) is 11.6. The van der Waals surface area contributed by atoms with E-state index in [4.69, 9.17) is 17.3 Å². The molecule has 0 aromatic heterocycles. The molecule has 0 aliphatic rings. The van der Waals surface area contributed by atoms with Crippen LogP contribution in [-0.2, 0) is 10.0 Å². The molecular formula is C18H31ClN2O2S. The van der Waals surface area contributed by atoms with Gasteiger partial charge in [-0.1, -0.05) is 76.3 Å². The predicted molar refractivity (Wildman–Crippen MR) is 105 cm³/mol. The summed E-state index contributed by atoms with van der Waals surface area (Å²) >= 11 is 5.90. The van der Waals surface area contributed by atoms with Crippen molar-refractivity contribution in [3.8, 4) is 0 Å². The van der Waals surface area contributed by atoms with Crippen molar-refractivity contribution < 1.29 is 8.42 Å². The molecule has 24 heavy (non-hydrogen) atoms. The van der Waals surface area contributed by atoms with Gasteiger partial charge in [0.15, 0.2) is 0 Å². The van der Waals surface area contributed by atoms with E-state index in [1.54, 1.807) is 12.1 Å². The lowest BCUT2D eigenvalue weighted by Gasteiger charge is -2.09. The molecule has 1 aromatic carbocycles. The van der Waals surface area contributed by atoms with E-state index in [9.17, 15) is 8.42 Å². The van der Waals surface area contributed by atoms with Gasteiger partial charge in [0.25, 0.3) is 0 Å².